The van der Waals surface area contributed by atoms with Gasteiger partial charge in [-0.25, -0.2) is 4.79 Å². The lowest BCUT2D eigenvalue weighted by Gasteiger charge is -2.00. The fourth-order valence-electron chi connectivity index (χ4n) is 2.54. The van der Waals surface area contributed by atoms with Crippen LogP contribution in [0.1, 0.15) is 21.7 Å². The normalized spacial score (nSPS) is 11.2. The van der Waals surface area contributed by atoms with Crippen LogP contribution in [0, 0.1) is 13.8 Å². The van der Waals surface area contributed by atoms with Crippen LogP contribution in [0.2, 0.25) is 0 Å². The Morgan fingerprint density at radius 3 is 2.70 bits per heavy atom. The van der Waals surface area contributed by atoms with Crippen molar-refractivity contribution >= 4 is 16.9 Å². The summed E-state index contributed by atoms with van der Waals surface area (Å²) in [7, 11) is 1.88. The number of para-hydroxylation sites is 1. The van der Waals surface area contributed by atoms with Crippen molar-refractivity contribution in [1.82, 2.24) is 20.0 Å². The number of carbonyl (C=O) groups is 1. The molecule has 6 nitrogen and oxygen atoms in total. The van der Waals surface area contributed by atoms with E-state index in [0.29, 0.717) is 5.52 Å². The monoisotopic (exact) mass is 270 g/mol. The zero-order valence-corrected chi connectivity index (χ0v) is 11.4. The predicted octanol–water partition coefficient (Wildman–Crippen LogP) is 2.28. The van der Waals surface area contributed by atoms with Crippen molar-refractivity contribution in [3.63, 3.8) is 0 Å². The third kappa shape index (κ3) is 1.61. The van der Waals surface area contributed by atoms with Crippen molar-refractivity contribution < 1.29 is 9.90 Å². The Morgan fingerprint density at radius 2 is 2.10 bits per heavy atom. The van der Waals surface area contributed by atoms with Crippen LogP contribution in [0.15, 0.2) is 18.2 Å². The van der Waals surface area contributed by atoms with Gasteiger partial charge in [-0.05, 0) is 19.9 Å². The Bertz CT molecular complexity index is 829. The highest BCUT2D eigenvalue weighted by atomic mass is 16.4. The first-order valence-electron chi connectivity index (χ1n) is 6.21. The van der Waals surface area contributed by atoms with Crippen molar-refractivity contribution in [3.8, 4) is 11.3 Å². The average molecular weight is 270 g/mol. The number of carboxylic acid groups (broad SMARTS) is 1. The third-order valence-corrected chi connectivity index (χ3v) is 3.57. The summed E-state index contributed by atoms with van der Waals surface area (Å²) >= 11 is 0. The SMILES string of the molecule is Cc1nn(C)c(C)c1-c1[nH]nc2c(C(=O)O)cccc12. The smallest absolute Gasteiger partial charge is 0.337 e. The number of hydrogen-bond donors (Lipinski definition) is 2. The molecular formula is C14H14N4O2. The first kappa shape index (κ1) is 12.4. The minimum atomic E-state index is -0.978. The van der Waals surface area contributed by atoms with Crippen molar-refractivity contribution in [2.75, 3.05) is 0 Å². The number of aryl methyl sites for hydroxylation is 2. The van der Waals surface area contributed by atoms with E-state index in [1.54, 1.807) is 16.8 Å². The van der Waals surface area contributed by atoms with Crippen LogP contribution in [-0.4, -0.2) is 31.1 Å². The maximum Gasteiger partial charge on any atom is 0.337 e. The molecule has 2 aromatic heterocycles. The molecule has 6 heteroatoms. The molecule has 3 aromatic rings. The maximum atomic E-state index is 11.2. The number of nitrogens with one attached hydrogen (secondary N) is 1. The summed E-state index contributed by atoms with van der Waals surface area (Å²) in [6.07, 6.45) is 0. The highest BCUT2D eigenvalue weighted by Crippen LogP contribution is 2.32. The molecule has 102 valence electrons. The fourth-order valence-corrected chi connectivity index (χ4v) is 2.54. The van der Waals surface area contributed by atoms with Crippen LogP contribution in [0.4, 0.5) is 0 Å². The lowest BCUT2D eigenvalue weighted by Crippen LogP contribution is -1.96. The standard InChI is InChI=1S/C14H14N4O2/c1-7-11(8(2)18(3)17-7)13-9-5-4-6-10(14(19)20)12(9)15-16-13/h4-6H,1-3H3,(H,15,16)(H,19,20). The van der Waals surface area contributed by atoms with Gasteiger partial charge in [-0.1, -0.05) is 12.1 Å². The van der Waals surface area contributed by atoms with Gasteiger partial charge in [-0.15, -0.1) is 0 Å². The van der Waals surface area contributed by atoms with Gasteiger partial charge in [-0.2, -0.15) is 10.2 Å². The molecule has 0 aliphatic rings. The van der Waals surface area contributed by atoms with Gasteiger partial charge in [-0.3, -0.25) is 9.78 Å². The summed E-state index contributed by atoms with van der Waals surface area (Å²) in [5, 5.41) is 21.5. The quantitative estimate of drug-likeness (QED) is 0.748. The second-order valence-corrected chi connectivity index (χ2v) is 4.77. The largest absolute Gasteiger partial charge is 0.478 e. The molecule has 0 unspecified atom stereocenters. The lowest BCUT2D eigenvalue weighted by molar-refractivity contribution is 0.0699. The first-order valence-corrected chi connectivity index (χ1v) is 6.21. The number of hydrogen-bond acceptors (Lipinski definition) is 3. The molecule has 0 aliphatic heterocycles. The molecule has 0 atom stereocenters. The third-order valence-electron chi connectivity index (χ3n) is 3.57. The molecule has 2 N–H and O–H groups in total. The van der Waals surface area contributed by atoms with E-state index in [1.807, 2.05) is 27.0 Å². The topological polar surface area (TPSA) is 83.8 Å². The van der Waals surface area contributed by atoms with E-state index in [1.165, 1.54) is 0 Å². The molecule has 3 rings (SSSR count). The van der Waals surface area contributed by atoms with Crippen LogP contribution < -0.4 is 0 Å². The van der Waals surface area contributed by atoms with Crippen LogP contribution in [-0.2, 0) is 7.05 Å². The number of aromatic nitrogens is 4. The summed E-state index contributed by atoms with van der Waals surface area (Å²) in [4.78, 5) is 11.2. The van der Waals surface area contributed by atoms with Gasteiger partial charge in [0.05, 0.1) is 17.0 Å². The molecule has 0 spiro atoms. The van der Waals surface area contributed by atoms with Gasteiger partial charge in [0.15, 0.2) is 0 Å². The Kier molecular flexibility index (Phi) is 2.60. The molecule has 0 saturated carbocycles. The summed E-state index contributed by atoms with van der Waals surface area (Å²) in [6.45, 7) is 3.90. The van der Waals surface area contributed by atoms with E-state index in [0.717, 1.165) is 28.0 Å². The summed E-state index contributed by atoms with van der Waals surface area (Å²) in [5.74, 6) is -0.978. The summed E-state index contributed by atoms with van der Waals surface area (Å²) in [6, 6.07) is 5.15. The van der Waals surface area contributed by atoms with Gasteiger partial charge in [0.2, 0.25) is 0 Å². The van der Waals surface area contributed by atoms with Crippen molar-refractivity contribution in [1.29, 1.82) is 0 Å². The average Bonchev–Trinajstić information content (AvgIpc) is 2.91. The molecule has 0 aliphatic carbocycles. The van der Waals surface area contributed by atoms with Crippen LogP contribution in [0.5, 0.6) is 0 Å². The van der Waals surface area contributed by atoms with Gasteiger partial charge < -0.3 is 5.11 Å². The molecule has 0 amide bonds. The number of carboxylic acids is 1. The van der Waals surface area contributed by atoms with Gasteiger partial charge >= 0.3 is 5.97 Å². The predicted molar refractivity (Wildman–Crippen MR) is 74.7 cm³/mol. The Morgan fingerprint density at radius 1 is 1.35 bits per heavy atom. The number of rotatable bonds is 2. The van der Waals surface area contributed by atoms with Gasteiger partial charge in [0.25, 0.3) is 0 Å². The van der Waals surface area contributed by atoms with Crippen LogP contribution in [0.25, 0.3) is 22.2 Å². The fraction of sp³-hybridized carbons (Fsp3) is 0.214. The molecule has 2 heterocycles. The van der Waals surface area contributed by atoms with Gasteiger partial charge in [0.1, 0.15) is 5.52 Å². The molecule has 0 radical (unpaired) electrons. The second kappa shape index (κ2) is 4.19. The zero-order valence-electron chi connectivity index (χ0n) is 11.4. The summed E-state index contributed by atoms with van der Waals surface area (Å²) in [5.41, 5.74) is 4.34. The minimum Gasteiger partial charge on any atom is -0.478 e. The number of nitrogens with zero attached hydrogens (tertiary/aromatic N) is 3. The number of aromatic carboxylic acids is 1. The maximum absolute atomic E-state index is 11.2. The minimum absolute atomic E-state index is 0.198. The summed E-state index contributed by atoms with van der Waals surface area (Å²) < 4.78 is 1.80. The Hall–Kier alpha value is -2.63. The van der Waals surface area contributed by atoms with Crippen molar-refractivity contribution in [3.05, 3.63) is 35.2 Å². The molecule has 0 fully saturated rings. The molecule has 0 saturated heterocycles. The highest BCUT2D eigenvalue weighted by molar-refractivity contribution is 6.06. The Balaban J connectivity index is 2.34. The second-order valence-electron chi connectivity index (χ2n) is 4.77. The van der Waals surface area contributed by atoms with E-state index < -0.39 is 5.97 Å². The van der Waals surface area contributed by atoms with Crippen molar-refractivity contribution in [2.24, 2.45) is 7.05 Å². The highest BCUT2D eigenvalue weighted by Gasteiger charge is 2.19. The molecular weight excluding hydrogens is 256 g/mol. The number of aromatic amines is 1. The zero-order chi connectivity index (χ0) is 14.4. The van der Waals surface area contributed by atoms with Gasteiger partial charge in [0, 0.05) is 23.7 Å². The molecule has 0 bridgehead atoms. The molecule has 1 aromatic carbocycles. The van der Waals surface area contributed by atoms with Crippen LogP contribution in [0.3, 0.4) is 0 Å². The number of benzene rings is 1. The number of H-pyrrole nitrogens is 1. The number of fused-ring (bicyclic) bond motifs is 1. The van der Waals surface area contributed by atoms with E-state index in [-0.39, 0.29) is 5.56 Å². The molecule has 20 heavy (non-hydrogen) atoms. The van der Waals surface area contributed by atoms with E-state index in [9.17, 15) is 9.90 Å². The van der Waals surface area contributed by atoms with Crippen LogP contribution >= 0.6 is 0 Å². The van der Waals surface area contributed by atoms with E-state index in [4.69, 9.17) is 0 Å². The van der Waals surface area contributed by atoms with E-state index in [2.05, 4.69) is 15.3 Å². The van der Waals surface area contributed by atoms with E-state index >= 15 is 0 Å². The Labute approximate surface area is 115 Å². The van der Waals surface area contributed by atoms with Crippen molar-refractivity contribution in [2.45, 2.75) is 13.8 Å². The lowest BCUT2D eigenvalue weighted by atomic mass is 10.0. The first-order chi connectivity index (χ1) is 9.50.